The molecule has 3 aromatic rings. The molecule has 0 atom stereocenters. The lowest BCUT2D eigenvalue weighted by Gasteiger charge is -2.23. The molecule has 20 heavy (non-hydrogen) atoms. The van der Waals surface area contributed by atoms with Crippen LogP contribution in [0.3, 0.4) is 0 Å². The largest absolute Gasteiger partial charge is 0.488 e. The highest BCUT2D eigenvalue weighted by Crippen LogP contribution is 2.42. The van der Waals surface area contributed by atoms with Crippen LogP contribution in [0.5, 0.6) is 5.75 Å². The van der Waals surface area contributed by atoms with Gasteiger partial charge in [0.1, 0.15) is 12.4 Å². The average molecular weight is 258 g/mol. The zero-order chi connectivity index (χ0) is 13.4. The van der Waals surface area contributed by atoms with Crippen LogP contribution >= 0.6 is 0 Å². The van der Waals surface area contributed by atoms with E-state index in [1.165, 1.54) is 27.8 Å². The minimum atomic E-state index is 0.646. The Bertz CT molecular complexity index is 760. The van der Waals surface area contributed by atoms with Crippen molar-refractivity contribution >= 4 is 0 Å². The van der Waals surface area contributed by atoms with Gasteiger partial charge in [-0.25, -0.2) is 0 Å². The predicted molar refractivity (Wildman–Crippen MR) is 81.6 cm³/mol. The van der Waals surface area contributed by atoms with E-state index in [1.54, 1.807) is 0 Å². The van der Waals surface area contributed by atoms with E-state index in [0.717, 1.165) is 5.75 Å². The zero-order valence-corrected chi connectivity index (χ0v) is 11.0. The molecule has 0 radical (unpaired) electrons. The van der Waals surface area contributed by atoms with Crippen molar-refractivity contribution < 1.29 is 4.74 Å². The minimum Gasteiger partial charge on any atom is -0.488 e. The normalized spacial score (nSPS) is 12.2. The van der Waals surface area contributed by atoms with Crippen molar-refractivity contribution in [3.63, 3.8) is 0 Å². The van der Waals surface area contributed by atoms with Gasteiger partial charge in [0.15, 0.2) is 0 Å². The van der Waals surface area contributed by atoms with Crippen LogP contribution in [-0.2, 0) is 6.61 Å². The van der Waals surface area contributed by atoms with Crippen molar-refractivity contribution in [2.45, 2.75) is 6.61 Å². The topological polar surface area (TPSA) is 9.23 Å². The fourth-order valence-corrected chi connectivity index (χ4v) is 2.85. The Hall–Kier alpha value is -2.54. The monoisotopic (exact) mass is 258 g/mol. The molecule has 0 unspecified atom stereocenters. The van der Waals surface area contributed by atoms with Gasteiger partial charge in [0.05, 0.1) is 0 Å². The summed E-state index contributed by atoms with van der Waals surface area (Å²) in [5.41, 5.74) is 6.28. The number of rotatable bonds is 1. The highest BCUT2D eigenvalue weighted by atomic mass is 16.5. The molecule has 3 aromatic carbocycles. The fraction of sp³-hybridized carbons (Fsp3) is 0.0526. The standard InChI is InChI=1S/C19H14O/c1-2-7-14(8-3-1)16-11-6-9-15-13-20-18-12-5-4-10-17(18)19(15)16/h1-12H,13H2. The Morgan fingerprint density at radius 3 is 2.30 bits per heavy atom. The molecular weight excluding hydrogens is 244 g/mol. The first-order chi connectivity index (χ1) is 9.93. The molecule has 1 aliphatic heterocycles. The molecule has 1 heterocycles. The van der Waals surface area contributed by atoms with Gasteiger partial charge in [-0.3, -0.25) is 0 Å². The first-order valence-electron chi connectivity index (χ1n) is 6.83. The number of fused-ring (bicyclic) bond motifs is 3. The van der Waals surface area contributed by atoms with Gasteiger partial charge in [0.25, 0.3) is 0 Å². The van der Waals surface area contributed by atoms with Gasteiger partial charge in [0.2, 0.25) is 0 Å². The van der Waals surface area contributed by atoms with E-state index < -0.39 is 0 Å². The number of hydrogen-bond acceptors (Lipinski definition) is 1. The van der Waals surface area contributed by atoms with Crippen LogP contribution < -0.4 is 4.74 Å². The SMILES string of the molecule is c1ccc(-c2cccc3c2-c2ccccc2OC3)cc1. The van der Waals surface area contributed by atoms with Crippen molar-refractivity contribution in [1.29, 1.82) is 0 Å². The molecule has 0 aliphatic carbocycles. The molecule has 1 heteroatoms. The lowest BCUT2D eigenvalue weighted by Crippen LogP contribution is -2.06. The Morgan fingerprint density at radius 2 is 1.40 bits per heavy atom. The van der Waals surface area contributed by atoms with Gasteiger partial charge in [-0.2, -0.15) is 0 Å². The van der Waals surface area contributed by atoms with Crippen molar-refractivity contribution in [3.8, 4) is 28.0 Å². The molecule has 0 spiro atoms. The summed E-state index contributed by atoms with van der Waals surface area (Å²) >= 11 is 0. The van der Waals surface area contributed by atoms with Crippen LogP contribution in [0.25, 0.3) is 22.3 Å². The lowest BCUT2D eigenvalue weighted by molar-refractivity contribution is 0.302. The second-order valence-electron chi connectivity index (χ2n) is 4.99. The number of hydrogen-bond donors (Lipinski definition) is 0. The van der Waals surface area contributed by atoms with Crippen LogP contribution in [0.4, 0.5) is 0 Å². The first kappa shape index (κ1) is 11.3. The number of ether oxygens (including phenoxy) is 1. The Labute approximate surface area is 118 Å². The van der Waals surface area contributed by atoms with Gasteiger partial charge in [-0.05, 0) is 28.3 Å². The summed E-state index contributed by atoms with van der Waals surface area (Å²) in [7, 11) is 0. The van der Waals surface area contributed by atoms with Crippen molar-refractivity contribution in [2.24, 2.45) is 0 Å². The molecule has 0 N–H and O–H groups in total. The Balaban J connectivity index is 2.01. The molecule has 0 amide bonds. The third-order valence-electron chi connectivity index (χ3n) is 3.78. The van der Waals surface area contributed by atoms with Gasteiger partial charge in [0, 0.05) is 5.56 Å². The highest BCUT2D eigenvalue weighted by molar-refractivity contribution is 5.89. The fourth-order valence-electron chi connectivity index (χ4n) is 2.85. The van der Waals surface area contributed by atoms with Gasteiger partial charge >= 0.3 is 0 Å². The summed E-state index contributed by atoms with van der Waals surface area (Å²) in [4.78, 5) is 0. The van der Waals surface area contributed by atoms with Crippen molar-refractivity contribution in [3.05, 3.63) is 78.4 Å². The van der Waals surface area contributed by atoms with Gasteiger partial charge in [-0.1, -0.05) is 66.7 Å². The zero-order valence-electron chi connectivity index (χ0n) is 11.0. The third kappa shape index (κ3) is 1.71. The predicted octanol–water partition coefficient (Wildman–Crippen LogP) is 4.91. The van der Waals surface area contributed by atoms with Crippen molar-refractivity contribution in [2.75, 3.05) is 0 Å². The van der Waals surface area contributed by atoms with E-state index in [0.29, 0.717) is 6.61 Å². The van der Waals surface area contributed by atoms with E-state index in [4.69, 9.17) is 4.74 Å². The van der Waals surface area contributed by atoms with Crippen molar-refractivity contribution in [1.82, 2.24) is 0 Å². The second-order valence-corrected chi connectivity index (χ2v) is 4.99. The number of benzene rings is 3. The summed E-state index contributed by atoms with van der Waals surface area (Å²) in [5.74, 6) is 0.975. The summed E-state index contributed by atoms with van der Waals surface area (Å²) in [6.07, 6.45) is 0. The van der Waals surface area contributed by atoms with Crippen LogP contribution in [0.2, 0.25) is 0 Å². The molecule has 0 fully saturated rings. The second kappa shape index (κ2) is 4.53. The molecule has 0 saturated carbocycles. The van der Waals surface area contributed by atoms with Crippen LogP contribution in [-0.4, -0.2) is 0 Å². The molecule has 4 rings (SSSR count). The quantitative estimate of drug-likeness (QED) is 0.602. The average Bonchev–Trinajstić information content (AvgIpc) is 2.55. The summed E-state index contributed by atoms with van der Waals surface area (Å²) in [6, 6.07) is 25.3. The summed E-state index contributed by atoms with van der Waals surface area (Å²) in [6.45, 7) is 0.646. The molecule has 0 bridgehead atoms. The molecule has 1 aliphatic rings. The highest BCUT2D eigenvalue weighted by Gasteiger charge is 2.20. The Morgan fingerprint density at radius 1 is 0.650 bits per heavy atom. The molecule has 96 valence electrons. The molecule has 0 aromatic heterocycles. The molecule has 0 saturated heterocycles. The maximum absolute atomic E-state index is 5.84. The van der Waals surface area contributed by atoms with E-state index in [2.05, 4.69) is 60.7 Å². The van der Waals surface area contributed by atoms with E-state index in [-0.39, 0.29) is 0 Å². The van der Waals surface area contributed by atoms with Crippen LogP contribution in [0.1, 0.15) is 5.56 Å². The van der Waals surface area contributed by atoms with Crippen LogP contribution in [0, 0.1) is 0 Å². The lowest BCUT2D eigenvalue weighted by atomic mass is 9.89. The number of para-hydroxylation sites is 1. The van der Waals surface area contributed by atoms with Crippen LogP contribution in [0.15, 0.2) is 72.8 Å². The van der Waals surface area contributed by atoms with E-state index in [9.17, 15) is 0 Å². The maximum atomic E-state index is 5.84. The van der Waals surface area contributed by atoms with Gasteiger partial charge in [-0.15, -0.1) is 0 Å². The molecule has 1 nitrogen and oxygen atoms in total. The molecular formula is C19H14O. The van der Waals surface area contributed by atoms with E-state index >= 15 is 0 Å². The maximum Gasteiger partial charge on any atom is 0.127 e. The first-order valence-corrected chi connectivity index (χ1v) is 6.83. The van der Waals surface area contributed by atoms with Gasteiger partial charge < -0.3 is 4.74 Å². The van der Waals surface area contributed by atoms with E-state index in [1.807, 2.05) is 12.1 Å². The summed E-state index contributed by atoms with van der Waals surface area (Å²) < 4.78 is 5.84. The Kier molecular flexibility index (Phi) is 2.56. The minimum absolute atomic E-state index is 0.646. The smallest absolute Gasteiger partial charge is 0.127 e. The third-order valence-corrected chi connectivity index (χ3v) is 3.78. The summed E-state index contributed by atoms with van der Waals surface area (Å²) in [5, 5.41) is 0.